The zero-order chi connectivity index (χ0) is 20.7. The van der Waals surface area contributed by atoms with Gasteiger partial charge in [-0.3, -0.25) is 9.59 Å². The van der Waals surface area contributed by atoms with E-state index in [9.17, 15) is 14.0 Å². The molecule has 3 aromatic heterocycles. The van der Waals surface area contributed by atoms with Crippen LogP contribution in [0.4, 0.5) is 10.2 Å². The third-order valence-corrected chi connectivity index (χ3v) is 5.17. The second-order valence-corrected chi connectivity index (χ2v) is 7.79. The maximum Gasteiger partial charge on any atom is 0.256 e. The molecule has 0 bridgehead atoms. The Labute approximate surface area is 166 Å². The summed E-state index contributed by atoms with van der Waals surface area (Å²) in [5.41, 5.74) is 6.24. The zero-order valence-electron chi connectivity index (χ0n) is 16.4. The molecule has 1 aliphatic heterocycles. The van der Waals surface area contributed by atoms with E-state index in [1.165, 1.54) is 27.5 Å². The summed E-state index contributed by atoms with van der Waals surface area (Å²) in [7, 11) is 0. The maximum absolute atomic E-state index is 14.3. The predicted molar refractivity (Wildman–Crippen MR) is 106 cm³/mol. The van der Waals surface area contributed by atoms with Crippen LogP contribution in [0.3, 0.4) is 0 Å². The molecule has 29 heavy (non-hydrogen) atoms. The Bertz CT molecular complexity index is 1140. The molecule has 2 N–H and O–H groups in total. The molecule has 1 saturated heterocycles. The number of pyridine rings is 1. The van der Waals surface area contributed by atoms with Crippen molar-refractivity contribution in [1.82, 2.24) is 19.2 Å². The fourth-order valence-electron chi connectivity index (χ4n) is 3.95. The SMILES string of the molecule is CC(C)Cn1cc(F)cc([C@H]2CCCN2c2ccn3ncc(C(N)=O)c3n2)c1=O. The smallest absolute Gasteiger partial charge is 0.256 e. The lowest BCUT2D eigenvalue weighted by molar-refractivity contribution is 0.100. The van der Waals surface area contributed by atoms with Gasteiger partial charge < -0.3 is 15.2 Å². The van der Waals surface area contributed by atoms with Crippen molar-refractivity contribution in [3.05, 3.63) is 58.0 Å². The number of rotatable bonds is 5. The van der Waals surface area contributed by atoms with E-state index in [2.05, 4.69) is 10.1 Å². The average molecular weight is 398 g/mol. The number of hydrogen-bond donors (Lipinski definition) is 1. The number of aromatic nitrogens is 4. The van der Waals surface area contributed by atoms with Gasteiger partial charge in [-0.1, -0.05) is 13.8 Å². The van der Waals surface area contributed by atoms with E-state index in [4.69, 9.17) is 5.73 Å². The summed E-state index contributed by atoms with van der Waals surface area (Å²) in [6, 6.07) is 2.81. The average Bonchev–Trinajstić information content (AvgIpc) is 3.30. The van der Waals surface area contributed by atoms with Gasteiger partial charge in [0, 0.05) is 31.0 Å². The van der Waals surface area contributed by atoms with Gasteiger partial charge in [-0.25, -0.2) is 13.9 Å². The van der Waals surface area contributed by atoms with E-state index in [1.54, 1.807) is 12.3 Å². The Morgan fingerprint density at radius 1 is 1.41 bits per heavy atom. The number of hydrogen-bond acceptors (Lipinski definition) is 5. The first-order valence-corrected chi connectivity index (χ1v) is 9.66. The Balaban J connectivity index is 1.76. The normalized spacial score (nSPS) is 16.8. The van der Waals surface area contributed by atoms with E-state index in [-0.39, 0.29) is 23.1 Å². The zero-order valence-corrected chi connectivity index (χ0v) is 16.4. The summed E-state index contributed by atoms with van der Waals surface area (Å²) in [4.78, 5) is 31.2. The van der Waals surface area contributed by atoms with Gasteiger partial charge in [-0.2, -0.15) is 5.10 Å². The minimum Gasteiger partial charge on any atom is -0.365 e. The number of carbonyl (C=O) groups is 1. The van der Waals surface area contributed by atoms with Gasteiger partial charge in [0.05, 0.1) is 12.2 Å². The molecule has 0 saturated carbocycles. The Morgan fingerprint density at radius 3 is 2.93 bits per heavy atom. The monoisotopic (exact) mass is 398 g/mol. The van der Waals surface area contributed by atoms with Crippen molar-refractivity contribution < 1.29 is 9.18 Å². The van der Waals surface area contributed by atoms with Crippen molar-refractivity contribution in [3.8, 4) is 0 Å². The van der Waals surface area contributed by atoms with Crippen molar-refractivity contribution in [3.63, 3.8) is 0 Å². The number of nitrogens with zero attached hydrogens (tertiary/aromatic N) is 5. The van der Waals surface area contributed by atoms with Gasteiger partial charge in [0.1, 0.15) is 17.2 Å². The largest absolute Gasteiger partial charge is 0.365 e. The highest BCUT2D eigenvalue weighted by Gasteiger charge is 2.30. The van der Waals surface area contributed by atoms with Gasteiger partial charge in [-0.05, 0) is 30.9 Å². The molecule has 9 heteroatoms. The van der Waals surface area contributed by atoms with Crippen LogP contribution in [0, 0.1) is 11.7 Å². The van der Waals surface area contributed by atoms with Crippen LogP contribution in [0.1, 0.15) is 48.7 Å². The molecule has 1 fully saturated rings. The summed E-state index contributed by atoms with van der Waals surface area (Å²) < 4.78 is 17.2. The Morgan fingerprint density at radius 2 is 2.21 bits per heavy atom. The molecule has 0 spiro atoms. The molecular weight excluding hydrogens is 375 g/mol. The van der Waals surface area contributed by atoms with Crippen molar-refractivity contribution >= 4 is 17.4 Å². The van der Waals surface area contributed by atoms with Crippen LogP contribution in [0.25, 0.3) is 5.65 Å². The molecule has 0 radical (unpaired) electrons. The van der Waals surface area contributed by atoms with Gasteiger partial charge in [0.2, 0.25) is 0 Å². The molecule has 8 nitrogen and oxygen atoms in total. The van der Waals surface area contributed by atoms with Crippen LogP contribution in [-0.4, -0.2) is 31.6 Å². The minimum atomic E-state index is -0.607. The lowest BCUT2D eigenvalue weighted by Crippen LogP contribution is -2.32. The molecule has 1 amide bonds. The molecule has 3 aromatic rings. The van der Waals surface area contributed by atoms with Crippen LogP contribution in [-0.2, 0) is 6.54 Å². The van der Waals surface area contributed by atoms with Crippen molar-refractivity contribution in [1.29, 1.82) is 0 Å². The van der Waals surface area contributed by atoms with Gasteiger partial charge in [0.15, 0.2) is 5.65 Å². The molecular formula is C20H23FN6O2. The molecule has 0 unspecified atom stereocenters. The molecule has 1 atom stereocenters. The molecule has 152 valence electrons. The van der Waals surface area contributed by atoms with Gasteiger partial charge in [-0.15, -0.1) is 0 Å². The highest BCUT2D eigenvalue weighted by Crippen LogP contribution is 2.34. The van der Waals surface area contributed by atoms with Gasteiger partial charge in [0.25, 0.3) is 11.5 Å². The fraction of sp³-hybridized carbons (Fsp3) is 0.400. The Kier molecular flexibility index (Phi) is 4.81. The summed E-state index contributed by atoms with van der Waals surface area (Å²) >= 11 is 0. The first-order valence-electron chi connectivity index (χ1n) is 9.66. The van der Waals surface area contributed by atoms with E-state index in [0.717, 1.165) is 12.8 Å². The van der Waals surface area contributed by atoms with E-state index in [1.807, 2.05) is 18.7 Å². The van der Waals surface area contributed by atoms with Crippen LogP contribution >= 0.6 is 0 Å². The number of nitrogens with two attached hydrogens (primary N) is 1. The number of primary amides is 1. The predicted octanol–water partition coefficient (Wildman–Crippen LogP) is 2.13. The number of carbonyl (C=O) groups excluding carboxylic acids is 1. The molecule has 4 heterocycles. The highest BCUT2D eigenvalue weighted by atomic mass is 19.1. The lowest BCUT2D eigenvalue weighted by Gasteiger charge is -2.26. The van der Waals surface area contributed by atoms with Crippen molar-refractivity contribution in [2.24, 2.45) is 11.7 Å². The van der Waals surface area contributed by atoms with Crippen molar-refractivity contribution in [2.45, 2.75) is 39.3 Å². The highest BCUT2D eigenvalue weighted by molar-refractivity contribution is 5.98. The second kappa shape index (κ2) is 7.31. The van der Waals surface area contributed by atoms with Crippen LogP contribution in [0.5, 0.6) is 0 Å². The summed E-state index contributed by atoms with van der Waals surface area (Å²) in [5, 5.41) is 4.08. The summed E-state index contributed by atoms with van der Waals surface area (Å²) in [5.74, 6) is -0.214. The first-order chi connectivity index (χ1) is 13.8. The third kappa shape index (κ3) is 3.48. The quantitative estimate of drug-likeness (QED) is 0.710. The second-order valence-electron chi connectivity index (χ2n) is 7.79. The minimum absolute atomic E-state index is 0.180. The van der Waals surface area contributed by atoms with Crippen LogP contribution in [0.15, 0.2) is 35.5 Å². The fourth-order valence-corrected chi connectivity index (χ4v) is 3.95. The molecule has 1 aliphatic rings. The molecule has 0 aliphatic carbocycles. The number of anilines is 1. The van der Waals surface area contributed by atoms with Crippen LogP contribution < -0.4 is 16.2 Å². The number of halogens is 1. The Hall–Kier alpha value is -3.23. The third-order valence-electron chi connectivity index (χ3n) is 5.17. The molecule has 4 rings (SSSR count). The number of amides is 1. The van der Waals surface area contributed by atoms with Crippen molar-refractivity contribution in [2.75, 3.05) is 11.4 Å². The number of fused-ring (bicyclic) bond motifs is 1. The topological polar surface area (TPSA) is 98.5 Å². The lowest BCUT2D eigenvalue weighted by atomic mass is 10.1. The molecule has 0 aromatic carbocycles. The first kappa shape index (κ1) is 19.1. The van der Waals surface area contributed by atoms with E-state index in [0.29, 0.717) is 30.1 Å². The van der Waals surface area contributed by atoms with E-state index < -0.39 is 11.7 Å². The summed E-state index contributed by atoms with van der Waals surface area (Å²) in [6.45, 7) is 5.10. The summed E-state index contributed by atoms with van der Waals surface area (Å²) in [6.07, 6.45) is 5.91. The maximum atomic E-state index is 14.3. The van der Waals surface area contributed by atoms with E-state index >= 15 is 0 Å². The van der Waals surface area contributed by atoms with Gasteiger partial charge >= 0.3 is 0 Å². The standard InChI is InChI=1S/C20H23FN6O2/c1-12(2)10-25-11-13(21)8-14(20(25)29)16-4-3-6-26(16)17-5-7-27-19(24-17)15(9-23-27)18(22)28/h5,7-9,11-12,16H,3-4,6,10H2,1-2H3,(H2,22,28)/t16-/m1/s1. The van der Waals surface area contributed by atoms with Crippen LogP contribution in [0.2, 0.25) is 0 Å².